The van der Waals surface area contributed by atoms with Crippen LogP contribution in [-0.2, 0) is 6.04 Å². The summed E-state index contributed by atoms with van der Waals surface area (Å²) in [7, 11) is 0.735. The summed E-state index contributed by atoms with van der Waals surface area (Å²) in [5.74, 6) is 0.944. The summed E-state index contributed by atoms with van der Waals surface area (Å²) >= 11 is 0. The zero-order chi connectivity index (χ0) is 9.90. The van der Waals surface area contributed by atoms with Crippen LogP contribution in [0.15, 0.2) is 24.3 Å². The van der Waals surface area contributed by atoms with Gasteiger partial charge in [0.05, 0.1) is 7.11 Å². The lowest BCUT2D eigenvalue weighted by atomic mass is 10.2. The normalized spacial score (nSPS) is 11.4. The molecule has 0 N–H and O–H groups in total. The molecule has 0 fully saturated rings. The predicted octanol–water partition coefficient (Wildman–Crippen LogP) is 3.12. The van der Waals surface area contributed by atoms with Gasteiger partial charge in [0, 0.05) is 8.07 Å². The Morgan fingerprint density at radius 2 is 1.62 bits per heavy atom. The van der Waals surface area contributed by atoms with Crippen molar-refractivity contribution in [3.63, 3.8) is 0 Å². The van der Waals surface area contributed by atoms with E-state index in [0.717, 1.165) is 5.75 Å². The Labute approximate surface area is 81.8 Å². The molecule has 0 amide bonds. The minimum Gasteiger partial charge on any atom is -0.497 e. The van der Waals surface area contributed by atoms with E-state index in [1.165, 1.54) is 11.6 Å². The average Bonchev–Trinajstić information content (AvgIpc) is 2.03. The van der Waals surface area contributed by atoms with Gasteiger partial charge in [0.1, 0.15) is 5.75 Å². The van der Waals surface area contributed by atoms with Gasteiger partial charge >= 0.3 is 0 Å². The number of benzene rings is 1. The fourth-order valence-corrected chi connectivity index (χ4v) is 2.82. The highest BCUT2D eigenvalue weighted by atomic mass is 28.3. The average molecular weight is 194 g/mol. The second-order valence-corrected chi connectivity index (χ2v) is 10.1. The van der Waals surface area contributed by atoms with Crippen LogP contribution in [0.4, 0.5) is 0 Å². The van der Waals surface area contributed by atoms with Gasteiger partial charge in [-0.25, -0.2) is 0 Å². The fourth-order valence-electron chi connectivity index (χ4n) is 1.36. The molecule has 1 aromatic rings. The van der Waals surface area contributed by atoms with E-state index >= 15 is 0 Å². The minimum atomic E-state index is -0.966. The number of ether oxygens (including phenoxy) is 1. The number of hydrogen-bond donors (Lipinski definition) is 0. The highest BCUT2D eigenvalue weighted by Crippen LogP contribution is 2.15. The summed E-state index contributed by atoms with van der Waals surface area (Å²) in [5, 5.41) is 0. The molecular formula is C11H18OSi. The molecule has 0 atom stereocenters. The lowest BCUT2D eigenvalue weighted by Gasteiger charge is -2.15. The van der Waals surface area contributed by atoms with Crippen molar-refractivity contribution >= 4 is 8.07 Å². The number of methoxy groups -OCH3 is 1. The molecule has 0 spiro atoms. The van der Waals surface area contributed by atoms with Crippen molar-refractivity contribution in [1.29, 1.82) is 0 Å². The van der Waals surface area contributed by atoms with E-state index in [-0.39, 0.29) is 0 Å². The highest BCUT2D eigenvalue weighted by Gasteiger charge is 2.13. The summed E-state index contributed by atoms with van der Waals surface area (Å²) < 4.78 is 5.11. The van der Waals surface area contributed by atoms with E-state index in [9.17, 15) is 0 Å². The first-order valence-electron chi connectivity index (χ1n) is 4.64. The molecule has 13 heavy (non-hydrogen) atoms. The molecule has 0 saturated carbocycles. The monoisotopic (exact) mass is 194 g/mol. The molecule has 0 radical (unpaired) electrons. The Balaban J connectivity index is 2.70. The van der Waals surface area contributed by atoms with Gasteiger partial charge in [0.25, 0.3) is 0 Å². The molecule has 0 aliphatic carbocycles. The molecule has 1 nitrogen and oxygen atoms in total. The Morgan fingerprint density at radius 1 is 1.08 bits per heavy atom. The molecule has 1 aromatic carbocycles. The zero-order valence-electron chi connectivity index (χ0n) is 8.92. The first-order chi connectivity index (χ1) is 6.01. The summed E-state index contributed by atoms with van der Waals surface area (Å²) in [4.78, 5) is 0. The third-order valence-corrected chi connectivity index (χ3v) is 3.36. The largest absolute Gasteiger partial charge is 0.497 e. The summed E-state index contributed by atoms with van der Waals surface area (Å²) in [6, 6.07) is 9.65. The van der Waals surface area contributed by atoms with Gasteiger partial charge in [-0.1, -0.05) is 37.3 Å². The Kier molecular flexibility index (Phi) is 3.15. The molecule has 2 heteroatoms. The number of hydrogen-bond acceptors (Lipinski definition) is 1. The summed E-state index contributed by atoms with van der Waals surface area (Å²) in [6.07, 6.45) is 0. The van der Waals surface area contributed by atoms with Crippen molar-refractivity contribution in [1.82, 2.24) is 0 Å². The van der Waals surface area contributed by atoms with Gasteiger partial charge in [-0.15, -0.1) is 0 Å². The molecule has 1 rings (SSSR count). The zero-order valence-corrected chi connectivity index (χ0v) is 9.92. The Hall–Kier alpha value is -0.763. The van der Waals surface area contributed by atoms with E-state index in [1.54, 1.807) is 7.11 Å². The van der Waals surface area contributed by atoms with Crippen LogP contribution in [-0.4, -0.2) is 15.2 Å². The summed E-state index contributed by atoms with van der Waals surface area (Å²) in [6.45, 7) is 7.16. The first kappa shape index (κ1) is 10.3. The van der Waals surface area contributed by atoms with Crippen molar-refractivity contribution in [2.75, 3.05) is 7.11 Å². The van der Waals surface area contributed by atoms with Gasteiger partial charge in [0.15, 0.2) is 0 Å². The lowest BCUT2D eigenvalue weighted by Crippen LogP contribution is -2.23. The van der Waals surface area contributed by atoms with Gasteiger partial charge in [-0.2, -0.15) is 0 Å². The topological polar surface area (TPSA) is 9.23 Å². The molecule has 0 aromatic heterocycles. The maximum atomic E-state index is 5.11. The quantitative estimate of drug-likeness (QED) is 0.672. The molecule has 0 unspecified atom stereocenters. The van der Waals surface area contributed by atoms with Crippen molar-refractivity contribution < 1.29 is 4.74 Å². The SMILES string of the molecule is COc1ccc([12CH2][Si](C)(C)C)cc1. The maximum Gasteiger partial charge on any atom is 0.118 e. The van der Waals surface area contributed by atoms with Crippen molar-refractivity contribution in [2.24, 2.45) is 0 Å². The van der Waals surface area contributed by atoms with Crippen LogP contribution in [0.2, 0.25) is 19.6 Å². The molecular weight excluding hydrogens is 176 g/mol. The smallest absolute Gasteiger partial charge is 0.118 e. The van der Waals surface area contributed by atoms with Gasteiger partial charge < -0.3 is 4.74 Å². The maximum absolute atomic E-state index is 5.11. The van der Waals surface area contributed by atoms with E-state index in [1.807, 2.05) is 12.1 Å². The standard InChI is InChI=1S/C11H18OSi/c1-12-11-7-5-10(6-8-11)9-13(2,3)4/h5-8H,9H2,1-4H3/i9+0. The van der Waals surface area contributed by atoms with Crippen molar-refractivity contribution in [2.45, 2.75) is 25.7 Å². The minimum absolute atomic E-state index is 0.944. The highest BCUT2D eigenvalue weighted by molar-refractivity contribution is 6.75. The van der Waals surface area contributed by atoms with Gasteiger partial charge in [0.2, 0.25) is 0 Å². The van der Waals surface area contributed by atoms with Crippen molar-refractivity contribution in [3.05, 3.63) is 29.8 Å². The van der Waals surface area contributed by atoms with Crippen LogP contribution in [0, 0.1) is 0 Å². The third kappa shape index (κ3) is 3.64. The number of rotatable bonds is 3. The van der Waals surface area contributed by atoms with Crippen LogP contribution in [0.25, 0.3) is 0 Å². The first-order valence-corrected chi connectivity index (χ1v) is 8.35. The fraction of sp³-hybridized carbons (Fsp3) is 0.455. The molecule has 0 heterocycles. The molecule has 0 bridgehead atoms. The Bertz CT molecular complexity index is 258. The lowest BCUT2D eigenvalue weighted by molar-refractivity contribution is 0.414. The molecule has 72 valence electrons. The summed E-state index contributed by atoms with van der Waals surface area (Å²) in [5.41, 5.74) is 1.43. The van der Waals surface area contributed by atoms with Gasteiger partial charge in [-0.3, -0.25) is 0 Å². The van der Waals surface area contributed by atoms with Crippen LogP contribution in [0.5, 0.6) is 5.75 Å². The predicted molar refractivity (Wildman–Crippen MR) is 60.0 cm³/mol. The second-order valence-electron chi connectivity index (χ2n) is 4.59. The molecule has 0 aliphatic heterocycles. The third-order valence-electron chi connectivity index (χ3n) is 1.89. The molecule has 0 aliphatic rings. The van der Waals surface area contributed by atoms with Gasteiger partial charge in [-0.05, 0) is 18.2 Å². The van der Waals surface area contributed by atoms with Crippen LogP contribution < -0.4 is 4.74 Å². The van der Waals surface area contributed by atoms with E-state index in [4.69, 9.17) is 4.74 Å². The Morgan fingerprint density at radius 3 is 2.00 bits per heavy atom. The molecule has 0 saturated heterocycles. The van der Waals surface area contributed by atoms with Crippen LogP contribution >= 0.6 is 0 Å². The van der Waals surface area contributed by atoms with E-state index in [2.05, 4.69) is 31.8 Å². The van der Waals surface area contributed by atoms with E-state index in [0.29, 0.717) is 0 Å². The second kappa shape index (κ2) is 3.96. The van der Waals surface area contributed by atoms with Crippen molar-refractivity contribution in [3.8, 4) is 5.75 Å². The van der Waals surface area contributed by atoms with Crippen LogP contribution in [0.3, 0.4) is 0 Å². The van der Waals surface area contributed by atoms with E-state index < -0.39 is 8.07 Å². The van der Waals surface area contributed by atoms with Crippen LogP contribution in [0.1, 0.15) is 5.56 Å².